The van der Waals surface area contributed by atoms with Crippen molar-refractivity contribution < 1.29 is 0 Å². The summed E-state index contributed by atoms with van der Waals surface area (Å²) in [7, 11) is 0. The third-order valence-corrected chi connectivity index (χ3v) is 13.8. The summed E-state index contributed by atoms with van der Waals surface area (Å²) < 4.78 is 2.48. The Hall–Kier alpha value is -7.42. The van der Waals surface area contributed by atoms with Gasteiger partial charge in [-0.2, -0.15) is 0 Å². The lowest BCUT2D eigenvalue weighted by Gasteiger charge is -2.27. The van der Waals surface area contributed by atoms with Crippen LogP contribution in [0.2, 0.25) is 0 Å². The number of nitrogens with zero attached hydrogens (tertiary/aromatic N) is 2. The van der Waals surface area contributed by atoms with Crippen molar-refractivity contribution in [2.24, 2.45) is 0 Å². The molecular formula is C60H46N2. The normalized spacial score (nSPS) is 12.7. The number of anilines is 3. The number of para-hydroxylation sites is 2. The van der Waals surface area contributed by atoms with Crippen molar-refractivity contribution in [1.82, 2.24) is 4.40 Å². The van der Waals surface area contributed by atoms with Crippen molar-refractivity contribution in [2.45, 2.75) is 39.5 Å². The SMILES string of the molecule is CCC(C)c1ccccc1-c1ccc(N(c2ccc(-c3ccccc3)cc2)c2ccc3c(c2)Cc2cc(-c4cccc5c4c4cccc6c7ccccc7n5c64)ccc2-3)cc1C. The average molecular weight is 795 g/mol. The van der Waals surface area contributed by atoms with Crippen LogP contribution in [0.3, 0.4) is 0 Å². The van der Waals surface area contributed by atoms with Crippen LogP contribution in [0.4, 0.5) is 17.1 Å². The molecule has 0 fully saturated rings. The van der Waals surface area contributed by atoms with Gasteiger partial charge in [0.2, 0.25) is 0 Å². The second-order valence-electron chi connectivity index (χ2n) is 17.3. The fourth-order valence-corrected chi connectivity index (χ4v) is 10.6. The first-order valence-corrected chi connectivity index (χ1v) is 22.1. The largest absolute Gasteiger partial charge is 0.310 e. The molecule has 0 radical (unpaired) electrons. The van der Waals surface area contributed by atoms with Gasteiger partial charge in [-0.05, 0) is 141 Å². The standard InChI is InChI=1S/C60H46N2/c1-4-38(2)48-16-8-9-17-53(48)49-32-29-46(34-39(49)3)61(45-27-24-41(25-28-45)40-14-6-5-7-15-40)47-30-33-51-44(37-47)36-43-35-42(26-31-50(43)51)52-19-13-23-58-59(52)56-21-12-20-55-54-18-10-11-22-57(54)62(58)60(55)56/h5-35,37-38H,4,36H2,1-3H3. The van der Waals surface area contributed by atoms with E-state index in [0.717, 1.165) is 24.2 Å². The van der Waals surface area contributed by atoms with Crippen LogP contribution >= 0.6 is 0 Å². The van der Waals surface area contributed by atoms with Crippen LogP contribution in [0.5, 0.6) is 0 Å². The number of aromatic nitrogens is 1. The van der Waals surface area contributed by atoms with Gasteiger partial charge in [-0.3, -0.25) is 0 Å². The van der Waals surface area contributed by atoms with E-state index in [1.54, 1.807) is 0 Å². The van der Waals surface area contributed by atoms with Gasteiger partial charge in [-0.15, -0.1) is 0 Å². The molecule has 0 amide bonds. The number of aryl methyl sites for hydroxylation is 1. The third-order valence-electron chi connectivity index (χ3n) is 13.8. The molecule has 62 heavy (non-hydrogen) atoms. The molecule has 1 aliphatic carbocycles. The lowest BCUT2D eigenvalue weighted by molar-refractivity contribution is 0.735. The molecule has 2 heterocycles. The van der Waals surface area contributed by atoms with Gasteiger partial charge in [-0.25, -0.2) is 0 Å². The van der Waals surface area contributed by atoms with Gasteiger partial charge in [0, 0.05) is 38.6 Å². The van der Waals surface area contributed by atoms with E-state index in [2.05, 4.69) is 224 Å². The number of fused-ring (bicyclic) bond motifs is 9. The molecule has 11 aromatic rings. The predicted molar refractivity (Wildman–Crippen MR) is 264 cm³/mol. The molecule has 12 rings (SSSR count). The molecule has 0 N–H and O–H groups in total. The average Bonchev–Trinajstić information content (AvgIpc) is 3.99. The first-order valence-electron chi connectivity index (χ1n) is 22.1. The maximum absolute atomic E-state index is 2.48. The van der Waals surface area contributed by atoms with Gasteiger partial charge in [-0.1, -0.05) is 159 Å². The minimum Gasteiger partial charge on any atom is -0.310 e. The van der Waals surface area contributed by atoms with Crippen LogP contribution in [-0.4, -0.2) is 4.40 Å². The Labute approximate surface area is 363 Å². The molecule has 1 aliphatic rings. The van der Waals surface area contributed by atoms with E-state index >= 15 is 0 Å². The smallest absolute Gasteiger partial charge is 0.0620 e. The minimum atomic E-state index is 0.494. The Balaban J connectivity index is 0.939. The summed E-state index contributed by atoms with van der Waals surface area (Å²) in [5.74, 6) is 0.494. The quantitative estimate of drug-likeness (QED) is 0.149. The molecule has 0 bridgehead atoms. The summed E-state index contributed by atoms with van der Waals surface area (Å²) in [5.41, 5.74) is 23.0. The van der Waals surface area contributed by atoms with Crippen molar-refractivity contribution >= 4 is 55.2 Å². The van der Waals surface area contributed by atoms with Crippen LogP contribution in [0.1, 0.15) is 48.4 Å². The Kier molecular flexibility index (Phi) is 8.44. The fourth-order valence-electron chi connectivity index (χ4n) is 10.6. The zero-order chi connectivity index (χ0) is 41.5. The Morgan fingerprint density at radius 1 is 0.468 bits per heavy atom. The van der Waals surface area contributed by atoms with Gasteiger partial charge < -0.3 is 9.30 Å². The molecular weight excluding hydrogens is 749 g/mol. The van der Waals surface area contributed by atoms with Gasteiger partial charge in [0.15, 0.2) is 0 Å². The molecule has 1 atom stereocenters. The summed E-state index contributed by atoms with van der Waals surface area (Å²) in [5, 5.41) is 5.28. The maximum Gasteiger partial charge on any atom is 0.0620 e. The van der Waals surface area contributed by atoms with Crippen molar-refractivity contribution in [3.63, 3.8) is 0 Å². The van der Waals surface area contributed by atoms with E-state index in [1.165, 1.54) is 111 Å². The molecule has 2 heteroatoms. The molecule has 296 valence electrons. The Morgan fingerprint density at radius 3 is 1.89 bits per heavy atom. The third kappa shape index (κ3) is 5.63. The van der Waals surface area contributed by atoms with Crippen molar-refractivity contribution in [3.05, 3.63) is 216 Å². The number of hydrogen-bond donors (Lipinski definition) is 0. The second kappa shape index (κ2) is 14.4. The van der Waals surface area contributed by atoms with Gasteiger partial charge in [0.25, 0.3) is 0 Å². The van der Waals surface area contributed by atoms with Crippen LogP contribution in [0.15, 0.2) is 194 Å². The predicted octanol–water partition coefficient (Wildman–Crippen LogP) is 16.7. The number of benzene rings is 9. The zero-order valence-electron chi connectivity index (χ0n) is 35.4. The first-order chi connectivity index (χ1) is 30.5. The van der Waals surface area contributed by atoms with Crippen molar-refractivity contribution in [1.29, 1.82) is 0 Å². The summed E-state index contributed by atoms with van der Waals surface area (Å²) >= 11 is 0. The highest BCUT2D eigenvalue weighted by Crippen LogP contribution is 2.47. The number of hydrogen-bond acceptors (Lipinski definition) is 1. The lowest BCUT2D eigenvalue weighted by atomic mass is 9.88. The van der Waals surface area contributed by atoms with E-state index < -0.39 is 0 Å². The molecule has 0 saturated carbocycles. The van der Waals surface area contributed by atoms with Gasteiger partial charge >= 0.3 is 0 Å². The van der Waals surface area contributed by atoms with Gasteiger partial charge in [0.1, 0.15) is 0 Å². The van der Waals surface area contributed by atoms with E-state index in [4.69, 9.17) is 0 Å². The highest BCUT2D eigenvalue weighted by Gasteiger charge is 2.24. The Bertz CT molecular complexity index is 3500. The number of rotatable bonds is 8. The van der Waals surface area contributed by atoms with Crippen molar-refractivity contribution in [2.75, 3.05) is 4.90 Å². The molecule has 1 unspecified atom stereocenters. The van der Waals surface area contributed by atoms with Crippen molar-refractivity contribution in [3.8, 4) is 44.5 Å². The summed E-state index contributed by atoms with van der Waals surface area (Å²) in [6.07, 6.45) is 2.01. The zero-order valence-corrected chi connectivity index (χ0v) is 35.4. The lowest BCUT2D eigenvalue weighted by Crippen LogP contribution is -2.11. The van der Waals surface area contributed by atoms with Crippen LogP contribution in [0.25, 0.3) is 82.6 Å². The van der Waals surface area contributed by atoms with E-state index in [-0.39, 0.29) is 0 Å². The second-order valence-corrected chi connectivity index (χ2v) is 17.3. The Morgan fingerprint density at radius 2 is 1.06 bits per heavy atom. The highest BCUT2D eigenvalue weighted by molar-refractivity contribution is 6.25. The van der Waals surface area contributed by atoms with E-state index in [1.807, 2.05) is 0 Å². The summed E-state index contributed by atoms with van der Waals surface area (Å²) in [6.45, 7) is 6.88. The molecule has 0 spiro atoms. The van der Waals surface area contributed by atoms with Crippen LogP contribution in [-0.2, 0) is 6.42 Å². The van der Waals surface area contributed by atoms with Gasteiger partial charge in [0.05, 0.1) is 16.6 Å². The minimum absolute atomic E-state index is 0.494. The molecule has 9 aromatic carbocycles. The van der Waals surface area contributed by atoms with E-state index in [0.29, 0.717) is 5.92 Å². The first kappa shape index (κ1) is 36.4. The fraction of sp³-hybridized carbons (Fsp3) is 0.100. The van der Waals surface area contributed by atoms with E-state index in [9.17, 15) is 0 Å². The summed E-state index contributed by atoms with van der Waals surface area (Å²) in [4.78, 5) is 2.44. The van der Waals surface area contributed by atoms with Crippen LogP contribution in [0, 0.1) is 6.92 Å². The topological polar surface area (TPSA) is 7.65 Å². The molecule has 0 saturated heterocycles. The maximum atomic E-state index is 2.48. The molecule has 0 aliphatic heterocycles. The van der Waals surface area contributed by atoms with Crippen LogP contribution < -0.4 is 4.90 Å². The molecule has 2 nitrogen and oxygen atoms in total. The highest BCUT2D eigenvalue weighted by atomic mass is 15.1. The molecule has 2 aromatic heterocycles. The monoisotopic (exact) mass is 794 g/mol. The summed E-state index contributed by atoms with van der Waals surface area (Å²) in [6, 6.07) is 72.4.